The lowest BCUT2D eigenvalue weighted by Gasteiger charge is -2.08. The number of anilines is 1. The van der Waals surface area contributed by atoms with E-state index in [2.05, 4.69) is 25.5 Å². The van der Waals surface area contributed by atoms with Gasteiger partial charge in [-0.05, 0) is 67.6 Å². The van der Waals surface area contributed by atoms with Crippen molar-refractivity contribution in [2.45, 2.75) is 12.1 Å². The van der Waals surface area contributed by atoms with Crippen molar-refractivity contribution in [1.82, 2.24) is 20.2 Å². The molecule has 1 amide bonds. The third kappa shape index (κ3) is 5.37. The number of Topliss-reactive ketones (excluding diaryl/α,β-unsaturated/α-hetero) is 1. The lowest BCUT2D eigenvalue weighted by molar-refractivity contribution is -0.113. The van der Waals surface area contributed by atoms with Crippen LogP contribution < -0.4 is 14.8 Å². The molecule has 0 aliphatic rings. The second kappa shape index (κ2) is 10.8. The Balaban J connectivity index is 1.25. The number of methoxy groups -OCH3 is 2. The number of nitrogens with one attached hydrogen (secondary N) is 2. The van der Waals surface area contributed by atoms with Crippen LogP contribution in [0.3, 0.4) is 0 Å². The van der Waals surface area contributed by atoms with E-state index in [4.69, 9.17) is 13.9 Å². The van der Waals surface area contributed by atoms with Crippen LogP contribution in [0.4, 0.5) is 5.69 Å². The zero-order valence-electron chi connectivity index (χ0n) is 20.8. The molecule has 5 aromatic rings. The molecule has 0 unspecified atom stereocenters. The highest BCUT2D eigenvalue weighted by molar-refractivity contribution is 7.99. The summed E-state index contributed by atoms with van der Waals surface area (Å²) in [5.74, 6) is 2.09. The molecule has 0 spiro atoms. The molecule has 3 aromatic carbocycles. The summed E-state index contributed by atoms with van der Waals surface area (Å²) in [7, 11) is 3.18. The molecule has 11 heteroatoms. The first-order chi connectivity index (χ1) is 18.4. The number of ether oxygens (including phenoxy) is 2. The van der Waals surface area contributed by atoms with Gasteiger partial charge < -0.3 is 24.2 Å². The molecule has 0 saturated carbocycles. The Kier molecular flexibility index (Phi) is 7.09. The van der Waals surface area contributed by atoms with Gasteiger partial charge in [0.2, 0.25) is 11.8 Å². The predicted molar refractivity (Wildman–Crippen MR) is 144 cm³/mol. The molecule has 5 rings (SSSR count). The fraction of sp³-hybridized carbons (Fsp3) is 0.148. The van der Waals surface area contributed by atoms with Crippen LogP contribution >= 0.6 is 11.8 Å². The largest absolute Gasteiger partial charge is 0.493 e. The Labute approximate surface area is 221 Å². The van der Waals surface area contributed by atoms with Crippen molar-refractivity contribution >= 4 is 40.2 Å². The van der Waals surface area contributed by atoms with Crippen molar-refractivity contribution in [3.63, 3.8) is 0 Å². The third-order valence-electron chi connectivity index (χ3n) is 5.69. The number of rotatable bonds is 9. The average molecular weight is 530 g/mol. The van der Waals surface area contributed by atoms with Crippen molar-refractivity contribution in [2.75, 3.05) is 25.3 Å². The molecule has 0 aliphatic carbocycles. The van der Waals surface area contributed by atoms with Gasteiger partial charge >= 0.3 is 0 Å². The maximum atomic E-state index is 12.3. The molecule has 0 aliphatic heterocycles. The van der Waals surface area contributed by atoms with Crippen molar-refractivity contribution in [2.24, 2.45) is 0 Å². The Morgan fingerprint density at radius 3 is 2.45 bits per heavy atom. The second-order valence-electron chi connectivity index (χ2n) is 8.23. The lowest BCUT2D eigenvalue weighted by atomic mass is 10.1. The van der Waals surface area contributed by atoms with Gasteiger partial charge in [-0.15, -0.1) is 10.2 Å². The number of ketones is 1. The smallest absolute Gasteiger partial charge is 0.277 e. The number of H-pyrrole nitrogens is 1. The van der Waals surface area contributed by atoms with Crippen molar-refractivity contribution < 1.29 is 23.5 Å². The number of fused-ring (bicyclic) bond motifs is 1. The van der Waals surface area contributed by atoms with E-state index in [0.29, 0.717) is 34.5 Å². The van der Waals surface area contributed by atoms with Crippen LogP contribution in [-0.2, 0) is 4.79 Å². The maximum absolute atomic E-state index is 12.3. The van der Waals surface area contributed by atoms with Gasteiger partial charge in [0, 0.05) is 22.4 Å². The number of nitrogens with zero attached hydrogens (tertiary/aromatic N) is 3. The molecule has 0 saturated heterocycles. The first-order valence-corrected chi connectivity index (χ1v) is 12.5. The Hall–Kier alpha value is -4.64. The van der Waals surface area contributed by atoms with Gasteiger partial charge in [-0.1, -0.05) is 11.8 Å². The molecule has 192 valence electrons. The van der Waals surface area contributed by atoms with E-state index < -0.39 is 0 Å². The Bertz CT molecular complexity index is 1630. The zero-order valence-corrected chi connectivity index (χ0v) is 21.6. The number of aromatic nitrogens is 4. The highest BCUT2D eigenvalue weighted by Gasteiger charge is 2.14. The fourth-order valence-corrected chi connectivity index (χ4v) is 4.32. The summed E-state index contributed by atoms with van der Waals surface area (Å²) < 4.78 is 16.5. The van der Waals surface area contributed by atoms with Gasteiger partial charge in [0.1, 0.15) is 5.82 Å². The minimum atomic E-state index is -0.230. The van der Waals surface area contributed by atoms with E-state index in [1.54, 1.807) is 38.5 Å². The summed E-state index contributed by atoms with van der Waals surface area (Å²) >= 11 is 1.13. The van der Waals surface area contributed by atoms with Crippen LogP contribution in [-0.4, -0.2) is 51.8 Å². The topological polar surface area (TPSA) is 132 Å². The van der Waals surface area contributed by atoms with E-state index in [1.165, 1.54) is 6.92 Å². The number of carbonyl (C=O) groups is 2. The van der Waals surface area contributed by atoms with E-state index >= 15 is 0 Å². The van der Waals surface area contributed by atoms with Crippen LogP contribution in [0.2, 0.25) is 0 Å². The summed E-state index contributed by atoms with van der Waals surface area (Å²) in [6.07, 6.45) is 0. The van der Waals surface area contributed by atoms with Crippen LogP contribution in [0.1, 0.15) is 17.3 Å². The molecule has 38 heavy (non-hydrogen) atoms. The molecule has 2 N–H and O–H groups in total. The van der Waals surface area contributed by atoms with Crippen molar-refractivity contribution in [3.8, 4) is 34.3 Å². The minimum absolute atomic E-state index is 0.0318. The zero-order chi connectivity index (χ0) is 26.6. The Morgan fingerprint density at radius 1 is 0.947 bits per heavy atom. The molecule has 0 atom stereocenters. The van der Waals surface area contributed by atoms with Crippen LogP contribution in [0.15, 0.2) is 70.3 Å². The standard InChI is InChI=1S/C27H23N5O5S/c1-15(33)16-4-8-19(9-5-16)28-24(34)14-38-27-32-31-26(37-27)18-6-10-20-21(12-18)30-25(29-20)17-7-11-22(35-2)23(13-17)36-3/h4-13H,14H2,1-3H3,(H,28,34)(H,29,30). The number of carbonyl (C=O) groups excluding carboxylic acids is 2. The summed E-state index contributed by atoms with van der Waals surface area (Å²) in [6, 6.07) is 17.9. The first kappa shape index (κ1) is 25.0. The quantitative estimate of drug-likeness (QED) is 0.194. The molecule has 10 nitrogen and oxygen atoms in total. The molecule has 0 radical (unpaired) electrons. The summed E-state index contributed by atoms with van der Waals surface area (Å²) in [5, 5.41) is 11.2. The van der Waals surface area contributed by atoms with E-state index in [-0.39, 0.29) is 22.7 Å². The van der Waals surface area contributed by atoms with Gasteiger partial charge in [0.05, 0.1) is 31.0 Å². The maximum Gasteiger partial charge on any atom is 0.277 e. The van der Waals surface area contributed by atoms with Crippen molar-refractivity contribution in [3.05, 3.63) is 66.2 Å². The minimum Gasteiger partial charge on any atom is -0.493 e. The van der Waals surface area contributed by atoms with Crippen LogP contribution in [0, 0.1) is 0 Å². The van der Waals surface area contributed by atoms with Crippen molar-refractivity contribution in [1.29, 1.82) is 0 Å². The molecule has 2 aromatic heterocycles. The number of thioether (sulfide) groups is 1. The second-order valence-corrected chi connectivity index (χ2v) is 9.16. The SMILES string of the molecule is COc1ccc(-c2nc3ccc(-c4nnc(SCC(=O)Nc5ccc(C(C)=O)cc5)o4)cc3[nH]2)cc1OC. The number of imidazole rings is 1. The van der Waals surface area contributed by atoms with E-state index in [0.717, 1.165) is 33.9 Å². The monoisotopic (exact) mass is 529 g/mol. The van der Waals surface area contributed by atoms with Gasteiger partial charge in [-0.25, -0.2) is 4.98 Å². The van der Waals surface area contributed by atoms with Crippen LogP contribution in [0.25, 0.3) is 33.9 Å². The van der Waals surface area contributed by atoms with Gasteiger partial charge in [0.25, 0.3) is 5.22 Å². The number of hydrogen-bond donors (Lipinski definition) is 2. The number of hydrogen-bond acceptors (Lipinski definition) is 9. The molecule has 0 fully saturated rings. The Morgan fingerprint density at radius 2 is 1.71 bits per heavy atom. The van der Waals surface area contributed by atoms with Gasteiger partial charge in [0.15, 0.2) is 17.3 Å². The highest BCUT2D eigenvalue weighted by Crippen LogP contribution is 2.33. The average Bonchev–Trinajstić information content (AvgIpc) is 3.58. The number of benzene rings is 3. The number of amides is 1. The molecular weight excluding hydrogens is 506 g/mol. The van der Waals surface area contributed by atoms with Crippen LogP contribution in [0.5, 0.6) is 11.5 Å². The first-order valence-electron chi connectivity index (χ1n) is 11.5. The summed E-state index contributed by atoms with van der Waals surface area (Å²) in [4.78, 5) is 31.7. The molecule has 0 bridgehead atoms. The summed E-state index contributed by atoms with van der Waals surface area (Å²) in [5.41, 5.74) is 4.34. The van der Waals surface area contributed by atoms with E-state index in [9.17, 15) is 9.59 Å². The van der Waals surface area contributed by atoms with Gasteiger partial charge in [-0.3, -0.25) is 9.59 Å². The number of aromatic amines is 1. The predicted octanol–water partition coefficient (Wildman–Crippen LogP) is 5.23. The third-order valence-corrected chi connectivity index (χ3v) is 6.51. The molecule has 2 heterocycles. The van der Waals surface area contributed by atoms with Gasteiger partial charge in [-0.2, -0.15) is 0 Å². The highest BCUT2D eigenvalue weighted by atomic mass is 32.2. The summed E-state index contributed by atoms with van der Waals surface area (Å²) in [6.45, 7) is 1.49. The molecular formula is C27H23N5O5S. The normalized spacial score (nSPS) is 10.9. The van der Waals surface area contributed by atoms with E-state index in [1.807, 2.05) is 36.4 Å². The fourth-order valence-electron chi connectivity index (χ4n) is 3.76. The lowest BCUT2D eigenvalue weighted by Crippen LogP contribution is -2.14.